The van der Waals surface area contributed by atoms with Gasteiger partial charge in [-0.05, 0) is 67.4 Å². The Morgan fingerprint density at radius 2 is 1.76 bits per heavy atom. The standard InChI is InChI=1S/C30H28ClF2N3O3S.CH5N/c1-34-29(37)23-15-18(12-13-35-23)17-8-11-24(39-2)19(14-17)16-36(20-6-4-3-5-7-20)30(38)28-26(31)25-21(32)9-10-22(33)27(25)40-28;1-2/h8-15,20H,3-7,16H2,1-2H3,(H,34,37);2H2,1H3. The van der Waals surface area contributed by atoms with Crippen molar-refractivity contribution in [2.75, 3.05) is 21.2 Å². The first-order valence-corrected chi connectivity index (χ1v) is 14.8. The highest BCUT2D eigenvalue weighted by Gasteiger charge is 2.31. The summed E-state index contributed by atoms with van der Waals surface area (Å²) < 4.78 is 34.8. The smallest absolute Gasteiger partial charge is 0.269 e. The number of aromatic nitrogens is 1. The summed E-state index contributed by atoms with van der Waals surface area (Å²) in [5.74, 6) is -1.34. The van der Waals surface area contributed by atoms with Crippen molar-refractivity contribution in [1.29, 1.82) is 0 Å². The minimum Gasteiger partial charge on any atom is -0.496 e. The van der Waals surface area contributed by atoms with Crippen LogP contribution in [0, 0.1) is 11.6 Å². The lowest BCUT2D eigenvalue weighted by Gasteiger charge is -2.34. The van der Waals surface area contributed by atoms with Gasteiger partial charge in [-0.1, -0.05) is 36.9 Å². The van der Waals surface area contributed by atoms with Gasteiger partial charge >= 0.3 is 0 Å². The summed E-state index contributed by atoms with van der Waals surface area (Å²) >= 11 is 7.40. The molecule has 4 aromatic rings. The molecule has 0 spiro atoms. The van der Waals surface area contributed by atoms with E-state index in [1.165, 1.54) is 7.05 Å². The highest BCUT2D eigenvalue weighted by molar-refractivity contribution is 7.21. The Balaban J connectivity index is 0.00000198. The van der Waals surface area contributed by atoms with E-state index in [9.17, 15) is 18.4 Å². The number of benzene rings is 2. The van der Waals surface area contributed by atoms with Crippen molar-refractivity contribution in [3.8, 4) is 16.9 Å². The quantitative estimate of drug-likeness (QED) is 0.238. The number of methoxy groups -OCH3 is 1. The third kappa shape index (κ3) is 6.40. The Morgan fingerprint density at radius 3 is 2.43 bits per heavy atom. The minimum absolute atomic E-state index is 0.0288. The van der Waals surface area contributed by atoms with E-state index in [4.69, 9.17) is 16.3 Å². The Hall–Kier alpha value is -3.60. The number of pyridine rings is 1. The van der Waals surface area contributed by atoms with Crippen molar-refractivity contribution in [2.24, 2.45) is 5.73 Å². The normalized spacial score (nSPS) is 13.3. The third-order valence-electron chi connectivity index (χ3n) is 7.33. The molecule has 222 valence electrons. The Bertz CT molecular complexity index is 1590. The second-order valence-electron chi connectivity index (χ2n) is 9.74. The highest BCUT2D eigenvalue weighted by Crippen LogP contribution is 2.40. The Kier molecular flexibility index (Phi) is 10.5. The molecule has 42 heavy (non-hydrogen) atoms. The predicted octanol–water partition coefficient (Wildman–Crippen LogP) is 6.81. The zero-order valence-electron chi connectivity index (χ0n) is 23.7. The molecule has 11 heteroatoms. The molecule has 2 amide bonds. The molecule has 0 atom stereocenters. The number of hydrogen-bond acceptors (Lipinski definition) is 6. The lowest BCUT2D eigenvalue weighted by molar-refractivity contribution is 0.0617. The van der Waals surface area contributed by atoms with Gasteiger partial charge in [0.05, 0.1) is 22.2 Å². The Morgan fingerprint density at radius 1 is 1.07 bits per heavy atom. The molecule has 7 nitrogen and oxygen atoms in total. The zero-order valence-corrected chi connectivity index (χ0v) is 25.2. The van der Waals surface area contributed by atoms with E-state index < -0.39 is 11.6 Å². The fraction of sp³-hybridized carbons (Fsp3) is 0.323. The lowest BCUT2D eigenvalue weighted by atomic mass is 9.93. The molecule has 5 rings (SSSR count). The summed E-state index contributed by atoms with van der Waals surface area (Å²) in [7, 11) is 4.61. The number of thiophene rings is 1. The number of nitrogens with two attached hydrogens (primary N) is 1. The second kappa shape index (κ2) is 14.0. The number of rotatable bonds is 7. The van der Waals surface area contributed by atoms with Crippen LogP contribution in [0.15, 0.2) is 48.7 Å². The number of carbonyl (C=O) groups is 2. The molecule has 1 aliphatic rings. The molecule has 0 unspecified atom stereocenters. The molecule has 2 aromatic heterocycles. The van der Waals surface area contributed by atoms with Crippen LogP contribution >= 0.6 is 22.9 Å². The molecule has 2 heterocycles. The van der Waals surface area contributed by atoms with Gasteiger partial charge in [-0.2, -0.15) is 0 Å². The second-order valence-corrected chi connectivity index (χ2v) is 11.1. The fourth-order valence-corrected chi connectivity index (χ4v) is 6.76. The maximum Gasteiger partial charge on any atom is 0.269 e. The minimum atomic E-state index is -0.663. The van der Waals surface area contributed by atoms with E-state index in [-0.39, 0.29) is 50.1 Å². The van der Waals surface area contributed by atoms with E-state index >= 15 is 0 Å². The molecule has 1 saturated carbocycles. The molecule has 2 aromatic carbocycles. The van der Waals surface area contributed by atoms with Gasteiger partial charge in [0.15, 0.2) is 0 Å². The number of amides is 2. The summed E-state index contributed by atoms with van der Waals surface area (Å²) in [4.78, 5) is 32.2. The molecular formula is C31H33ClF2N4O3S. The number of hydrogen-bond donors (Lipinski definition) is 2. The lowest BCUT2D eigenvalue weighted by Crippen LogP contribution is -2.40. The molecule has 0 aliphatic heterocycles. The number of nitrogens with zero attached hydrogens (tertiary/aromatic N) is 2. The molecule has 0 saturated heterocycles. The zero-order chi connectivity index (χ0) is 30.4. The van der Waals surface area contributed by atoms with Gasteiger partial charge in [-0.25, -0.2) is 8.78 Å². The van der Waals surface area contributed by atoms with Crippen LogP contribution in [0.2, 0.25) is 5.02 Å². The monoisotopic (exact) mass is 614 g/mol. The molecule has 1 aliphatic carbocycles. The number of ether oxygens (including phenoxy) is 1. The number of nitrogens with one attached hydrogen (secondary N) is 1. The summed E-state index contributed by atoms with van der Waals surface area (Å²) in [5.41, 5.74) is 7.15. The van der Waals surface area contributed by atoms with Gasteiger partial charge < -0.3 is 20.7 Å². The molecule has 0 radical (unpaired) electrons. The van der Waals surface area contributed by atoms with Gasteiger partial charge in [0.2, 0.25) is 0 Å². The first-order valence-electron chi connectivity index (χ1n) is 13.6. The van der Waals surface area contributed by atoms with Crippen molar-refractivity contribution in [1.82, 2.24) is 15.2 Å². The number of halogens is 3. The summed E-state index contributed by atoms with van der Waals surface area (Å²) in [6.07, 6.45) is 6.26. The van der Waals surface area contributed by atoms with Crippen molar-refractivity contribution in [3.05, 3.63) is 81.5 Å². The van der Waals surface area contributed by atoms with E-state index in [0.29, 0.717) is 5.75 Å². The van der Waals surface area contributed by atoms with Gasteiger partial charge in [-0.15, -0.1) is 11.3 Å². The predicted molar refractivity (Wildman–Crippen MR) is 163 cm³/mol. The van der Waals surface area contributed by atoms with Crippen LogP contribution in [-0.2, 0) is 6.54 Å². The van der Waals surface area contributed by atoms with Crippen LogP contribution < -0.4 is 15.8 Å². The fourth-order valence-electron chi connectivity index (χ4n) is 5.25. The number of carbonyl (C=O) groups excluding carboxylic acids is 2. The summed E-state index contributed by atoms with van der Waals surface area (Å²) in [6.45, 7) is 0.212. The molecule has 0 bridgehead atoms. The maximum atomic E-state index is 14.6. The topological polar surface area (TPSA) is 97.5 Å². The van der Waals surface area contributed by atoms with Crippen molar-refractivity contribution < 1.29 is 23.1 Å². The van der Waals surface area contributed by atoms with Crippen LogP contribution in [0.4, 0.5) is 8.78 Å². The molecule has 1 fully saturated rings. The third-order valence-corrected chi connectivity index (χ3v) is 9.00. The van der Waals surface area contributed by atoms with Gasteiger partial charge in [0.1, 0.15) is 28.0 Å². The maximum absolute atomic E-state index is 14.6. The molecule has 3 N–H and O–H groups in total. The van der Waals surface area contributed by atoms with E-state index in [0.717, 1.165) is 72.3 Å². The van der Waals surface area contributed by atoms with Crippen LogP contribution in [0.25, 0.3) is 21.2 Å². The highest BCUT2D eigenvalue weighted by atomic mass is 35.5. The van der Waals surface area contributed by atoms with Gasteiger partial charge in [0.25, 0.3) is 11.8 Å². The average molecular weight is 615 g/mol. The van der Waals surface area contributed by atoms with E-state index in [1.54, 1.807) is 31.3 Å². The summed E-state index contributed by atoms with van der Waals surface area (Å²) in [5, 5.41) is 2.44. The van der Waals surface area contributed by atoms with E-state index in [1.807, 2.05) is 24.3 Å². The van der Waals surface area contributed by atoms with Gasteiger partial charge in [0, 0.05) is 31.4 Å². The number of fused-ring (bicyclic) bond motifs is 1. The largest absolute Gasteiger partial charge is 0.496 e. The van der Waals surface area contributed by atoms with Gasteiger partial charge in [-0.3, -0.25) is 14.6 Å². The van der Waals surface area contributed by atoms with E-state index in [2.05, 4.69) is 16.0 Å². The average Bonchev–Trinajstić information content (AvgIpc) is 3.40. The van der Waals surface area contributed by atoms with Crippen LogP contribution in [0.5, 0.6) is 5.75 Å². The van der Waals surface area contributed by atoms with Crippen LogP contribution in [0.1, 0.15) is 57.8 Å². The first-order chi connectivity index (χ1) is 20.3. The van der Waals surface area contributed by atoms with Crippen molar-refractivity contribution in [2.45, 2.75) is 44.7 Å². The SMILES string of the molecule is CN.CNC(=O)c1cc(-c2ccc(OC)c(CN(C(=O)c3sc4c(F)ccc(F)c4c3Cl)C3CCCCC3)c2)ccn1. The van der Waals surface area contributed by atoms with Crippen molar-refractivity contribution in [3.63, 3.8) is 0 Å². The first kappa shape index (κ1) is 31.3. The molecular weight excluding hydrogens is 582 g/mol. The Labute approximate surface area is 252 Å². The van der Waals surface area contributed by atoms with Crippen molar-refractivity contribution >= 4 is 44.8 Å². The summed E-state index contributed by atoms with van der Waals surface area (Å²) in [6, 6.07) is 11.1. The van der Waals surface area contributed by atoms with Crippen LogP contribution in [-0.4, -0.2) is 48.9 Å². The van der Waals surface area contributed by atoms with Crippen LogP contribution in [0.3, 0.4) is 0 Å².